The van der Waals surface area contributed by atoms with E-state index in [1.54, 1.807) is 0 Å². The largest absolute Gasteiger partial charge is 0.310 e. The fraction of sp³-hybridized carbons (Fsp3) is 0.429. The van der Waals surface area contributed by atoms with Crippen LogP contribution in [0.2, 0.25) is 0 Å². The molecule has 8 heteroatoms. The van der Waals surface area contributed by atoms with Crippen LogP contribution in [-0.2, 0) is 0 Å². The monoisotopic (exact) mass is 305 g/mol. The van der Waals surface area contributed by atoms with Gasteiger partial charge in [0.2, 0.25) is 0 Å². The van der Waals surface area contributed by atoms with Crippen molar-refractivity contribution in [3.63, 3.8) is 0 Å². The van der Waals surface area contributed by atoms with Crippen LogP contribution in [0.3, 0.4) is 0 Å². The normalized spacial score (nSPS) is 16.1. The number of nitrogens with zero attached hydrogens (tertiary/aromatic N) is 1. The van der Waals surface area contributed by atoms with Gasteiger partial charge >= 0.3 is 5.70 Å². The number of hydrogen-bond acceptors (Lipinski definition) is 4. The Bertz CT molecular complexity index is 331. The molecule has 0 aromatic rings. The van der Waals surface area contributed by atoms with Crippen LogP contribution in [0.25, 0.3) is 0 Å². The van der Waals surface area contributed by atoms with Crippen molar-refractivity contribution in [2.75, 3.05) is 11.5 Å². The highest BCUT2D eigenvalue weighted by atomic mass is 35.5. The summed E-state index contributed by atoms with van der Waals surface area (Å²) < 4.78 is 0.303. The van der Waals surface area contributed by atoms with E-state index in [1.807, 2.05) is 0 Å². The van der Waals surface area contributed by atoms with Crippen molar-refractivity contribution in [2.45, 2.75) is 6.42 Å². The van der Waals surface area contributed by atoms with E-state index >= 15 is 0 Å². The molecule has 0 N–H and O–H groups in total. The number of hydrogen-bond donors (Lipinski definition) is 0. The summed E-state index contributed by atoms with van der Waals surface area (Å²) in [5.41, 5.74) is -0.189. The fourth-order valence-electron chi connectivity index (χ4n) is 0.901. The number of rotatable bonds is 2. The predicted molar refractivity (Wildman–Crippen MR) is 68.1 cm³/mol. The molecule has 15 heavy (non-hydrogen) atoms. The molecule has 0 aliphatic carbocycles. The molecule has 0 saturated carbocycles. The Morgan fingerprint density at radius 2 is 1.80 bits per heavy atom. The molecule has 1 heterocycles. The van der Waals surface area contributed by atoms with E-state index in [4.69, 9.17) is 34.8 Å². The van der Waals surface area contributed by atoms with Gasteiger partial charge in [0.25, 0.3) is 0 Å². The summed E-state index contributed by atoms with van der Waals surface area (Å²) in [5, 5.41) is 10.6. The Morgan fingerprint density at radius 1 is 1.27 bits per heavy atom. The molecule has 1 rings (SSSR count). The number of allylic oxidation sites excluding steroid dienone is 1. The SMILES string of the molecule is O=[N+]([O-])C(=C1SCCCS1)C(Cl)=C(Cl)Cl. The smallest absolute Gasteiger partial charge is 0.258 e. The first-order valence-electron chi connectivity index (χ1n) is 3.89. The van der Waals surface area contributed by atoms with E-state index in [1.165, 1.54) is 23.5 Å². The third kappa shape index (κ3) is 3.75. The van der Waals surface area contributed by atoms with E-state index in [-0.39, 0.29) is 15.2 Å². The maximum absolute atomic E-state index is 10.8. The Morgan fingerprint density at radius 3 is 2.20 bits per heavy atom. The maximum Gasteiger partial charge on any atom is 0.310 e. The molecular weight excluding hydrogens is 301 g/mol. The van der Waals surface area contributed by atoms with E-state index in [0.717, 1.165) is 17.9 Å². The highest BCUT2D eigenvalue weighted by Gasteiger charge is 2.27. The van der Waals surface area contributed by atoms with Gasteiger partial charge in [-0.05, 0) is 17.9 Å². The first-order chi connectivity index (χ1) is 7.04. The number of halogens is 3. The molecule has 1 aliphatic heterocycles. The number of nitro groups is 1. The van der Waals surface area contributed by atoms with Crippen LogP contribution < -0.4 is 0 Å². The highest BCUT2D eigenvalue weighted by molar-refractivity contribution is 8.22. The van der Waals surface area contributed by atoms with E-state index < -0.39 is 4.92 Å². The second-order valence-electron chi connectivity index (χ2n) is 2.52. The van der Waals surface area contributed by atoms with Crippen molar-refractivity contribution in [2.24, 2.45) is 0 Å². The molecule has 0 aromatic carbocycles. The van der Waals surface area contributed by atoms with Crippen molar-refractivity contribution in [3.8, 4) is 0 Å². The molecule has 0 amide bonds. The second-order valence-corrected chi connectivity index (χ2v) is 6.31. The van der Waals surface area contributed by atoms with Gasteiger partial charge in [-0.15, -0.1) is 23.5 Å². The molecule has 0 unspecified atom stereocenters. The zero-order valence-electron chi connectivity index (χ0n) is 7.34. The fourth-order valence-corrected chi connectivity index (χ4v) is 3.95. The van der Waals surface area contributed by atoms with Crippen molar-refractivity contribution >= 4 is 58.3 Å². The van der Waals surface area contributed by atoms with Crippen LogP contribution in [0.1, 0.15) is 6.42 Å². The molecule has 0 atom stereocenters. The molecule has 84 valence electrons. The summed E-state index contributed by atoms with van der Waals surface area (Å²) in [6, 6.07) is 0. The van der Waals surface area contributed by atoms with Crippen LogP contribution in [0.5, 0.6) is 0 Å². The van der Waals surface area contributed by atoms with Gasteiger partial charge in [0.05, 0.1) is 4.92 Å². The van der Waals surface area contributed by atoms with Crippen molar-refractivity contribution < 1.29 is 4.92 Å². The molecule has 0 aromatic heterocycles. The molecule has 1 fully saturated rings. The lowest BCUT2D eigenvalue weighted by molar-refractivity contribution is -0.419. The Labute approximate surface area is 110 Å². The zero-order valence-corrected chi connectivity index (χ0v) is 11.2. The highest BCUT2D eigenvalue weighted by Crippen LogP contribution is 2.41. The summed E-state index contributed by atoms with van der Waals surface area (Å²) in [7, 11) is 0. The lowest BCUT2D eigenvalue weighted by atomic mass is 10.5. The van der Waals surface area contributed by atoms with Crippen molar-refractivity contribution in [3.05, 3.63) is 29.6 Å². The van der Waals surface area contributed by atoms with Crippen LogP contribution in [0.15, 0.2) is 19.5 Å². The van der Waals surface area contributed by atoms with E-state index in [0.29, 0.717) is 4.24 Å². The van der Waals surface area contributed by atoms with Gasteiger partial charge in [-0.3, -0.25) is 10.1 Å². The molecular formula is C7H6Cl3NO2S2. The van der Waals surface area contributed by atoms with Gasteiger partial charge in [-0.2, -0.15) is 0 Å². The van der Waals surface area contributed by atoms with Gasteiger partial charge in [0, 0.05) is 0 Å². The average Bonchev–Trinajstić information content (AvgIpc) is 2.18. The van der Waals surface area contributed by atoms with Crippen LogP contribution in [0.4, 0.5) is 0 Å². The summed E-state index contributed by atoms with van der Waals surface area (Å²) >= 11 is 19.4. The molecule has 3 nitrogen and oxygen atoms in total. The summed E-state index contributed by atoms with van der Waals surface area (Å²) in [4.78, 5) is 10.3. The third-order valence-corrected chi connectivity index (χ3v) is 5.05. The van der Waals surface area contributed by atoms with Crippen LogP contribution in [-0.4, -0.2) is 16.4 Å². The van der Waals surface area contributed by atoms with Gasteiger partial charge < -0.3 is 0 Å². The van der Waals surface area contributed by atoms with Crippen LogP contribution >= 0.6 is 58.3 Å². The van der Waals surface area contributed by atoms with Gasteiger partial charge in [0.15, 0.2) is 5.03 Å². The molecule has 0 radical (unpaired) electrons. The van der Waals surface area contributed by atoms with E-state index in [2.05, 4.69) is 0 Å². The lowest BCUT2D eigenvalue weighted by Crippen LogP contribution is -2.04. The van der Waals surface area contributed by atoms with Gasteiger partial charge in [0.1, 0.15) is 8.73 Å². The van der Waals surface area contributed by atoms with Crippen molar-refractivity contribution in [1.82, 2.24) is 0 Å². The third-order valence-electron chi connectivity index (χ3n) is 1.50. The van der Waals surface area contributed by atoms with Crippen molar-refractivity contribution in [1.29, 1.82) is 0 Å². The lowest BCUT2D eigenvalue weighted by Gasteiger charge is -2.12. The standard InChI is InChI=1S/C7H6Cl3NO2S2/c8-4(6(9)10)5(11(12)13)7-14-2-1-3-15-7/h1-3H2. The summed E-state index contributed by atoms with van der Waals surface area (Å²) in [6.07, 6.45) is 1.03. The van der Waals surface area contributed by atoms with Crippen LogP contribution in [0, 0.1) is 10.1 Å². The number of thioether (sulfide) groups is 2. The first-order valence-corrected chi connectivity index (χ1v) is 7.00. The molecule has 1 saturated heterocycles. The second kappa shape index (κ2) is 6.25. The minimum absolute atomic E-state index is 0.189. The van der Waals surface area contributed by atoms with E-state index in [9.17, 15) is 10.1 Å². The first kappa shape index (κ1) is 13.5. The Kier molecular flexibility index (Phi) is 5.63. The predicted octanol–water partition coefficient (Wildman–Crippen LogP) is 4.19. The average molecular weight is 307 g/mol. The maximum atomic E-state index is 10.8. The minimum Gasteiger partial charge on any atom is -0.258 e. The molecule has 0 bridgehead atoms. The Balaban J connectivity index is 3.11. The minimum atomic E-state index is -0.548. The van der Waals surface area contributed by atoms with Gasteiger partial charge in [-0.25, -0.2) is 0 Å². The zero-order chi connectivity index (χ0) is 11.4. The van der Waals surface area contributed by atoms with Gasteiger partial charge in [-0.1, -0.05) is 34.8 Å². The molecule has 1 aliphatic rings. The summed E-state index contributed by atoms with van der Waals surface area (Å²) in [6.45, 7) is 0. The Hall–Kier alpha value is 0.450. The quantitative estimate of drug-likeness (QED) is 0.567. The topological polar surface area (TPSA) is 43.1 Å². The summed E-state index contributed by atoms with van der Waals surface area (Å²) in [5.74, 6) is 1.70. The molecule has 0 spiro atoms.